The van der Waals surface area contributed by atoms with Crippen molar-refractivity contribution in [3.05, 3.63) is 17.5 Å². The van der Waals surface area contributed by atoms with Crippen molar-refractivity contribution >= 4 is 0 Å². The second kappa shape index (κ2) is 4.97. The van der Waals surface area contributed by atoms with Crippen molar-refractivity contribution in [1.29, 1.82) is 0 Å². The van der Waals surface area contributed by atoms with E-state index in [1.165, 1.54) is 19.3 Å². The van der Waals surface area contributed by atoms with Crippen LogP contribution in [0.2, 0.25) is 0 Å². The summed E-state index contributed by atoms with van der Waals surface area (Å²) < 4.78 is 5.01. The first kappa shape index (κ1) is 11.6. The van der Waals surface area contributed by atoms with Gasteiger partial charge in [-0.15, -0.1) is 0 Å². The van der Waals surface area contributed by atoms with Crippen molar-refractivity contribution in [2.24, 2.45) is 5.73 Å². The Morgan fingerprint density at radius 2 is 2.19 bits per heavy atom. The Balaban J connectivity index is 1.74. The highest BCUT2D eigenvalue weighted by molar-refractivity contribution is 5.03. The number of nitrogens with one attached hydrogen (secondary N) is 1. The van der Waals surface area contributed by atoms with Crippen molar-refractivity contribution in [1.82, 2.24) is 10.5 Å². The van der Waals surface area contributed by atoms with Gasteiger partial charge in [0.1, 0.15) is 5.76 Å². The van der Waals surface area contributed by atoms with Gasteiger partial charge in [-0.1, -0.05) is 24.4 Å². The van der Waals surface area contributed by atoms with E-state index >= 15 is 0 Å². The second-order valence-electron chi connectivity index (χ2n) is 4.96. The lowest BCUT2D eigenvalue weighted by Gasteiger charge is -2.33. The van der Waals surface area contributed by atoms with E-state index in [0.29, 0.717) is 0 Å². The average Bonchev–Trinajstić information content (AvgIpc) is 2.65. The van der Waals surface area contributed by atoms with E-state index in [1.807, 2.05) is 13.0 Å². The fraction of sp³-hybridized carbons (Fsp3) is 0.750. The van der Waals surface area contributed by atoms with Gasteiger partial charge < -0.3 is 15.6 Å². The summed E-state index contributed by atoms with van der Waals surface area (Å²) >= 11 is 0. The summed E-state index contributed by atoms with van der Waals surface area (Å²) in [5.74, 6) is 0.858. The van der Waals surface area contributed by atoms with Crippen LogP contribution in [0.1, 0.15) is 43.6 Å². The number of aryl methyl sites for hydroxylation is 1. The molecule has 1 saturated carbocycles. The summed E-state index contributed by atoms with van der Waals surface area (Å²) in [6.07, 6.45) is 6.14. The van der Waals surface area contributed by atoms with E-state index in [1.54, 1.807) is 0 Å². The lowest BCUT2D eigenvalue weighted by molar-refractivity contribution is 0.282. The number of rotatable bonds is 4. The minimum atomic E-state index is -0.00295. The van der Waals surface area contributed by atoms with Crippen LogP contribution < -0.4 is 11.1 Å². The van der Waals surface area contributed by atoms with Crippen molar-refractivity contribution in [2.45, 2.75) is 51.1 Å². The molecule has 2 rings (SSSR count). The van der Waals surface area contributed by atoms with Crippen LogP contribution in [-0.4, -0.2) is 17.2 Å². The summed E-state index contributed by atoms with van der Waals surface area (Å²) in [4.78, 5) is 0. The SMILES string of the molecule is Cc1cc(CNCC2(N)CCCCC2)no1. The van der Waals surface area contributed by atoms with Crippen LogP contribution in [0.15, 0.2) is 10.6 Å². The van der Waals surface area contributed by atoms with Crippen LogP contribution in [0.4, 0.5) is 0 Å². The topological polar surface area (TPSA) is 64.1 Å². The van der Waals surface area contributed by atoms with E-state index in [4.69, 9.17) is 10.3 Å². The van der Waals surface area contributed by atoms with E-state index in [9.17, 15) is 0 Å². The maximum Gasteiger partial charge on any atom is 0.133 e. The summed E-state index contributed by atoms with van der Waals surface area (Å²) in [6.45, 7) is 3.53. The Hall–Kier alpha value is -0.870. The molecule has 1 aromatic heterocycles. The first-order valence-corrected chi connectivity index (χ1v) is 6.10. The fourth-order valence-corrected chi connectivity index (χ4v) is 2.37. The Morgan fingerprint density at radius 1 is 1.44 bits per heavy atom. The fourth-order valence-electron chi connectivity index (χ4n) is 2.37. The maximum atomic E-state index is 6.32. The maximum absolute atomic E-state index is 6.32. The minimum absolute atomic E-state index is 0.00295. The molecule has 1 aliphatic carbocycles. The zero-order valence-electron chi connectivity index (χ0n) is 9.96. The van der Waals surface area contributed by atoms with Gasteiger partial charge in [-0.3, -0.25) is 0 Å². The van der Waals surface area contributed by atoms with E-state index < -0.39 is 0 Å². The molecule has 3 N–H and O–H groups in total. The molecule has 0 aromatic carbocycles. The molecule has 4 heteroatoms. The molecule has 4 nitrogen and oxygen atoms in total. The highest BCUT2D eigenvalue weighted by Crippen LogP contribution is 2.25. The first-order valence-electron chi connectivity index (χ1n) is 6.10. The van der Waals surface area contributed by atoms with Crippen LogP contribution in [0.5, 0.6) is 0 Å². The predicted octanol–water partition coefficient (Wildman–Crippen LogP) is 1.73. The van der Waals surface area contributed by atoms with Crippen molar-refractivity contribution < 1.29 is 4.52 Å². The molecule has 1 fully saturated rings. The summed E-state index contributed by atoms with van der Waals surface area (Å²) in [5.41, 5.74) is 7.27. The molecule has 0 amide bonds. The number of hydrogen-bond acceptors (Lipinski definition) is 4. The molecule has 0 saturated heterocycles. The summed E-state index contributed by atoms with van der Waals surface area (Å²) in [6, 6.07) is 1.96. The van der Waals surface area contributed by atoms with Gasteiger partial charge in [0.05, 0.1) is 5.69 Å². The molecule has 0 unspecified atom stereocenters. The monoisotopic (exact) mass is 223 g/mol. The van der Waals surface area contributed by atoms with Gasteiger partial charge in [0.25, 0.3) is 0 Å². The molecule has 0 radical (unpaired) electrons. The Kier molecular flexibility index (Phi) is 3.61. The van der Waals surface area contributed by atoms with Gasteiger partial charge >= 0.3 is 0 Å². The van der Waals surface area contributed by atoms with Crippen molar-refractivity contribution in [3.8, 4) is 0 Å². The van der Waals surface area contributed by atoms with Crippen LogP contribution in [0, 0.1) is 6.92 Å². The number of hydrogen-bond donors (Lipinski definition) is 2. The molecule has 16 heavy (non-hydrogen) atoms. The standard InChI is InChI=1S/C12H21N3O/c1-10-7-11(15-16-10)8-14-9-12(13)5-3-2-4-6-12/h7,14H,2-6,8-9,13H2,1H3. The van der Waals surface area contributed by atoms with Gasteiger partial charge in [0.2, 0.25) is 0 Å². The predicted molar refractivity (Wildman–Crippen MR) is 63.0 cm³/mol. The molecule has 90 valence electrons. The minimum Gasteiger partial charge on any atom is -0.361 e. The van der Waals surface area contributed by atoms with Crippen molar-refractivity contribution in [3.63, 3.8) is 0 Å². The van der Waals surface area contributed by atoms with Gasteiger partial charge in [-0.05, 0) is 19.8 Å². The first-order chi connectivity index (χ1) is 7.68. The van der Waals surface area contributed by atoms with E-state index in [-0.39, 0.29) is 5.54 Å². The van der Waals surface area contributed by atoms with Gasteiger partial charge in [-0.2, -0.15) is 0 Å². The second-order valence-corrected chi connectivity index (χ2v) is 4.96. The van der Waals surface area contributed by atoms with E-state index in [0.717, 1.165) is 37.4 Å². The molecule has 0 bridgehead atoms. The molecule has 0 atom stereocenters. The quantitative estimate of drug-likeness (QED) is 0.816. The molecule has 0 spiro atoms. The van der Waals surface area contributed by atoms with Gasteiger partial charge in [0.15, 0.2) is 0 Å². The van der Waals surface area contributed by atoms with Crippen LogP contribution in [-0.2, 0) is 6.54 Å². The van der Waals surface area contributed by atoms with Crippen LogP contribution in [0.25, 0.3) is 0 Å². The molecule has 1 aromatic rings. The third-order valence-electron chi connectivity index (χ3n) is 3.31. The lowest BCUT2D eigenvalue weighted by atomic mass is 9.82. The average molecular weight is 223 g/mol. The van der Waals surface area contributed by atoms with Crippen molar-refractivity contribution in [2.75, 3.05) is 6.54 Å². The van der Waals surface area contributed by atoms with Gasteiger partial charge in [0, 0.05) is 24.7 Å². The molecule has 1 aliphatic rings. The summed E-state index contributed by atoms with van der Waals surface area (Å²) in [5, 5.41) is 7.32. The number of nitrogens with two attached hydrogens (primary N) is 1. The summed E-state index contributed by atoms with van der Waals surface area (Å²) in [7, 11) is 0. The third-order valence-corrected chi connectivity index (χ3v) is 3.31. The van der Waals surface area contributed by atoms with E-state index in [2.05, 4.69) is 10.5 Å². The smallest absolute Gasteiger partial charge is 0.133 e. The highest BCUT2D eigenvalue weighted by Gasteiger charge is 2.26. The third kappa shape index (κ3) is 3.06. The zero-order chi connectivity index (χ0) is 11.4. The Bertz CT molecular complexity index is 329. The normalized spacial score (nSPS) is 19.9. The largest absolute Gasteiger partial charge is 0.361 e. The molecule has 1 heterocycles. The molecular formula is C12H21N3O. The van der Waals surface area contributed by atoms with Gasteiger partial charge in [-0.25, -0.2) is 0 Å². The lowest BCUT2D eigenvalue weighted by Crippen LogP contribution is -2.49. The van der Waals surface area contributed by atoms with Crippen LogP contribution >= 0.6 is 0 Å². The molecule has 0 aliphatic heterocycles. The Labute approximate surface area is 96.6 Å². The number of aromatic nitrogens is 1. The zero-order valence-corrected chi connectivity index (χ0v) is 9.96. The number of nitrogens with zero attached hydrogens (tertiary/aromatic N) is 1. The highest BCUT2D eigenvalue weighted by atomic mass is 16.5. The van der Waals surface area contributed by atoms with Crippen LogP contribution in [0.3, 0.4) is 0 Å². The molecular weight excluding hydrogens is 202 g/mol. The Morgan fingerprint density at radius 3 is 2.81 bits per heavy atom.